The van der Waals surface area contributed by atoms with E-state index in [1.165, 1.54) is 18.2 Å². The molecule has 0 aliphatic heterocycles. The van der Waals surface area contributed by atoms with Crippen LogP contribution in [-0.4, -0.2) is 33.3 Å². The van der Waals surface area contributed by atoms with Gasteiger partial charge in [0.1, 0.15) is 0 Å². The zero-order valence-electron chi connectivity index (χ0n) is 16.5. The molecule has 2 rings (SSSR count). The summed E-state index contributed by atoms with van der Waals surface area (Å²) < 4.78 is 27.4. The van der Waals surface area contributed by atoms with Crippen LogP contribution in [0.5, 0.6) is 0 Å². The van der Waals surface area contributed by atoms with Gasteiger partial charge in [0.2, 0.25) is 11.8 Å². The van der Waals surface area contributed by atoms with E-state index in [0.717, 1.165) is 5.56 Å². The molecule has 0 aliphatic rings. The molecule has 0 heterocycles. The van der Waals surface area contributed by atoms with E-state index in [-0.39, 0.29) is 39.1 Å². The van der Waals surface area contributed by atoms with Crippen LogP contribution in [0.3, 0.4) is 0 Å². The van der Waals surface area contributed by atoms with Crippen LogP contribution in [-0.2, 0) is 26.0 Å². The second kappa shape index (κ2) is 10.7. The lowest BCUT2D eigenvalue weighted by molar-refractivity contribution is -0.124. The molecule has 0 saturated carbocycles. The zero-order chi connectivity index (χ0) is 22.3. The molecule has 2 aromatic rings. The number of anilines is 1. The predicted molar refractivity (Wildman–Crippen MR) is 118 cm³/mol. The molecule has 10 heteroatoms. The Morgan fingerprint density at radius 1 is 0.933 bits per heavy atom. The van der Waals surface area contributed by atoms with Crippen molar-refractivity contribution < 1.29 is 18.0 Å². The topological polar surface area (TPSA) is 104 Å². The van der Waals surface area contributed by atoms with Crippen LogP contribution in [0.25, 0.3) is 0 Å². The third kappa shape index (κ3) is 7.19. The van der Waals surface area contributed by atoms with Gasteiger partial charge in [0.05, 0.1) is 21.4 Å². The van der Waals surface area contributed by atoms with Crippen molar-refractivity contribution in [3.8, 4) is 0 Å². The maximum atomic E-state index is 12.5. The average molecular weight is 472 g/mol. The Bertz CT molecular complexity index is 1010. The molecule has 3 N–H and O–H groups in total. The molecule has 162 valence electrons. The minimum Gasteiger partial charge on any atom is -0.354 e. The van der Waals surface area contributed by atoms with Crippen LogP contribution in [0, 0.1) is 5.92 Å². The smallest absolute Gasteiger partial charge is 0.261 e. The lowest BCUT2D eigenvalue weighted by Crippen LogP contribution is -2.36. The van der Waals surface area contributed by atoms with Crippen LogP contribution in [0.2, 0.25) is 10.0 Å². The third-order valence-electron chi connectivity index (χ3n) is 4.04. The molecule has 0 aromatic heterocycles. The van der Waals surface area contributed by atoms with E-state index in [1.54, 1.807) is 38.1 Å². The summed E-state index contributed by atoms with van der Waals surface area (Å²) in [7, 11) is -3.82. The first kappa shape index (κ1) is 24.0. The molecular formula is C20H23Cl2N3O4S. The summed E-state index contributed by atoms with van der Waals surface area (Å²) in [6, 6.07) is 10.5. The molecule has 2 aromatic carbocycles. The number of hydrogen-bond donors (Lipinski definition) is 3. The molecule has 0 radical (unpaired) electrons. The van der Waals surface area contributed by atoms with Crippen molar-refractivity contribution in [2.75, 3.05) is 17.8 Å². The maximum absolute atomic E-state index is 12.5. The zero-order valence-corrected chi connectivity index (χ0v) is 18.9. The van der Waals surface area contributed by atoms with Gasteiger partial charge in [0.25, 0.3) is 10.0 Å². The molecule has 0 aliphatic carbocycles. The minimum atomic E-state index is -3.82. The summed E-state index contributed by atoms with van der Waals surface area (Å²) in [5.41, 5.74) is 1.07. The van der Waals surface area contributed by atoms with Gasteiger partial charge in [-0.1, -0.05) is 49.2 Å². The molecular weight excluding hydrogens is 449 g/mol. The monoisotopic (exact) mass is 471 g/mol. The number of benzene rings is 2. The standard InChI is InChI=1S/C20H23Cl2N3O4S/c1-13(2)20(27)24-10-9-23-19(26)11-14-3-5-15(6-4-14)25-30(28,29)16-7-8-17(21)18(22)12-16/h3-8,12-13,25H,9-11H2,1-2H3,(H,23,26)(H,24,27). The Morgan fingerprint density at radius 3 is 2.17 bits per heavy atom. The largest absolute Gasteiger partial charge is 0.354 e. The van der Waals surface area contributed by atoms with E-state index in [4.69, 9.17) is 23.2 Å². The Hall–Kier alpha value is -2.29. The van der Waals surface area contributed by atoms with Crippen LogP contribution in [0.1, 0.15) is 19.4 Å². The van der Waals surface area contributed by atoms with Gasteiger partial charge in [-0.05, 0) is 35.9 Å². The lowest BCUT2D eigenvalue weighted by atomic mass is 10.1. The van der Waals surface area contributed by atoms with Crippen LogP contribution >= 0.6 is 23.2 Å². The predicted octanol–water partition coefficient (Wildman–Crippen LogP) is 3.23. The summed E-state index contributed by atoms with van der Waals surface area (Å²) in [6.45, 7) is 4.28. The summed E-state index contributed by atoms with van der Waals surface area (Å²) in [5, 5.41) is 5.84. The van der Waals surface area contributed by atoms with Crippen molar-refractivity contribution >= 4 is 50.7 Å². The van der Waals surface area contributed by atoms with Crippen molar-refractivity contribution in [1.82, 2.24) is 10.6 Å². The Morgan fingerprint density at radius 2 is 1.57 bits per heavy atom. The SMILES string of the molecule is CC(C)C(=O)NCCNC(=O)Cc1ccc(NS(=O)(=O)c2ccc(Cl)c(Cl)c2)cc1. The Labute approximate surface area is 186 Å². The first-order valence-electron chi connectivity index (χ1n) is 9.19. The number of sulfonamides is 1. The highest BCUT2D eigenvalue weighted by molar-refractivity contribution is 7.92. The first-order valence-corrected chi connectivity index (χ1v) is 11.4. The Balaban J connectivity index is 1.88. The van der Waals surface area contributed by atoms with Crippen LogP contribution < -0.4 is 15.4 Å². The molecule has 0 bridgehead atoms. The van der Waals surface area contributed by atoms with E-state index in [1.807, 2.05) is 0 Å². The highest BCUT2D eigenvalue weighted by atomic mass is 35.5. The number of nitrogens with one attached hydrogen (secondary N) is 3. The second-order valence-electron chi connectivity index (χ2n) is 6.85. The number of hydrogen-bond acceptors (Lipinski definition) is 4. The van der Waals surface area contributed by atoms with Gasteiger partial charge in [-0.3, -0.25) is 14.3 Å². The van der Waals surface area contributed by atoms with Crippen molar-refractivity contribution in [3.05, 3.63) is 58.1 Å². The summed E-state index contributed by atoms with van der Waals surface area (Å²) in [5.74, 6) is -0.366. The summed E-state index contributed by atoms with van der Waals surface area (Å²) in [4.78, 5) is 23.4. The van der Waals surface area contributed by atoms with Gasteiger partial charge < -0.3 is 10.6 Å². The minimum absolute atomic E-state index is 0.00934. The van der Waals surface area contributed by atoms with Crippen molar-refractivity contribution in [2.24, 2.45) is 5.92 Å². The molecule has 30 heavy (non-hydrogen) atoms. The quantitative estimate of drug-likeness (QED) is 0.488. The Kier molecular flexibility index (Phi) is 8.52. The number of halogens is 2. The normalized spacial score (nSPS) is 11.2. The molecule has 0 atom stereocenters. The summed E-state index contributed by atoms with van der Waals surface area (Å²) in [6.07, 6.45) is 0.137. The molecule has 0 unspecified atom stereocenters. The van der Waals surface area contributed by atoms with Crippen molar-refractivity contribution in [3.63, 3.8) is 0 Å². The van der Waals surface area contributed by atoms with Gasteiger partial charge in [-0.2, -0.15) is 0 Å². The molecule has 0 spiro atoms. The van der Waals surface area contributed by atoms with E-state index in [0.29, 0.717) is 18.8 Å². The fraction of sp³-hybridized carbons (Fsp3) is 0.300. The van der Waals surface area contributed by atoms with Crippen LogP contribution in [0.4, 0.5) is 5.69 Å². The highest BCUT2D eigenvalue weighted by Gasteiger charge is 2.16. The number of rotatable bonds is 9. The van der Waals surface area contributed by atoms with Gasteiger partial charge in [0.15, 0.2) is 0 Å². The fourth-order valence-electron chi connectivity index (χ4n) is 2.39. The third-order valence-corrected chi connectivity index (χ3v) is 6.16. The van der Waals surface area contributed by atoms with Crippen LogP contribution in [0.15, 0.2) is 47.4 Å². The molecule has 2 amide bonds. The highest BCUT2D eigenvalue weighted by Crippen LogP contribution is 2.26. The van der Waals surface area contributed by atoms with Crippen molar-refractivity contribution in [1.29, 1.82) is 0 Å². The van der Waals surface area contributed by atoms with Crippen molar-refractivity contribution in [2.45, 2.75) is 25.2 Å². The molecule has 0 saturated heterocycles. The molecule has 7 nitrogen and oxygen atoms in total. The van der Waals surface area contributed by atoms with E-state index >= 15 is 0 Å². The fourth-order valence-corrected chi connectivity index (χ4v) is 3.84. The van der Waals surface area contributed by atoms with E-state index < -0.39 is 10.0 Å². The molecule has 0 fully saturated rings. The van der Waals surface area contributed by atoms with E-state index in [2.05, 4.69) is 15.4 Å². The van der Waals surface area contributed by atoms with E-state index in [9.17, 15) is 18.0 Å². The number of carbonyl (C=O) groups is 2. The van der Waals surface area contributed by atoms with Gasteiger partial charge >= 0.3 is 0 Å². The number of carbonyl (C=O) groups excluding carboxylic acids is 2. The van der Waals surface area contributed by atoms with Gasteiger partial charge in [-0.25, -0.2) is 8.42 Å². The van der Waals surface area contributed by atoms with Gasteiger partial charge in [0, 0.05) is 24.7 Å². The lowest BCUT2D eigenvalue weighted by Gasteiger charge is -2.10. The second-order valence-corrected chi connectivity index (χ2v) is 9.35. The average Bonchev–Trinajstić information content (AvgIpc) is 2.68. The number of amides is 2. The van der Waals surface area contributed by atoms with Gasteiger partial charge in [-0.15, -0.1) is 0 Å². The summed E-state index contributed by atoms with van der Waals surface area (Å²) >= 11 is 11.7. The maximum Gasteiger partial charge on any atom is 0.261 e. The first-order chi connectivity index (χ1) is 14.1.